The van der Waals surface area contributed by atoms with Crippen LogP contribution in [0.15, 0.2) is 6.20 Å². The van der Waals surface area contributed by atoms with Crippen molar-refractivity contribution in [3.05, 3.63) is 17.5 Å². The number of nitrogens with two attached hydrogens (primary N) is 1. The van der Waals surface area contributed by atoms with E-state index in [-0.39, 0.29) is 6.04 Å². The highest BCUT2D eigenvalue weighted by Gasteiger charge is 2.13. The number of anilines is 1. The zero-order valence-corrected chi connectivity index (χ0v) is 8.16. The fraction of sp³-hybridized carbons (Fsp3) is 0.556. The molecule has 1 unspecified atom stereocenters. The van der Waals surface area contributed by atoms with Gasteiger partial charge in [-0.05, 0) is 6.92 Å². The van der Waals surface area contributed by atoms with Gasteiger partial charge in [0.2, 0.25) is 5.95 Å². The van der Waals surface area contributed by atoms with Crippen LogP contribution in [0.2, 0.25) is 0 Å². The quantitative estimate of drug-likeness (QED) is 0.722. The highest BCUT2D eigenvalue weighted by Crippen LogP contribution is 2.17. The maximum atomic E-state index is 5.61. The van der Waals surface area contributed by atoms with E-state index in [1.807, 2.05) is 6.92 Å². The van der Waals surface area contributed by atoms with Gasteiger partial charge in [-0.2, -0.15) is 0 Å². The normalized spacial score (nSPS) is 16.4. The topological polar surface area (TPSA) is 73.1 Å². The molecule has 1 atom stereocenters. The van der Waals surface area contributed by atoms with Gasteiger partial charge in [0.15, 0.2) is 0 Å². The molecule has 76 valence electrons. The largest absolute Gasteiger partial charge is 0.370 e. The van der Waals surface area contributed by atoms with E-state index in [2.05, 4.69) is 15.3 Å². The van der Waals surface area contributed by atoms with Crippen LogP contribution >= 0.6 is 0 Å². The lowest BCUT2D eigenvalue weighted by atomic mass is 10.3. The molecule has 0 aromatic carbocycles. The van der Waals surface area contributed by atoms with Crippen LogP contribution in [0.4, 0.5) is 5.95 Å². The van der Waals surface area contributed by atoms with Crippen molar-refractivity contribution in [2.75, 3.05) is 11.9 Å². The summed E-state index contributed by atoms with van der Waals surface area (Å²) in [5.74, 6) is 0.631. The van der Waals surface area contributed by atoms with Crippen LogP contribution in [-0.4, -0.2) is 22.6 Å². The summed E-state index contributed by atoms with van der Waals surface area (Å²) >= 11 is 0. The van der Waals surface area contributed by atoms with E-state index in [0.29, 0.717) is 25.7 Å². The van der Waals surface area contributed by atoms with Crippen LogP contribution in [0.25, 0.3) is 0 Å². The molecule has 2 heterocycles. The van der Waals surface area contributed by atoms with Crippen molar-refractivity contribution in [3.63, 3.8) is 0 Å². The summed E-state index contributed by atoms with van der Waals surface area (Å²) in [7, 11) is 0. The third kappa shape index (κ3) is 2.00. The van der Waals surface area contributed by atoms with Crippen molar-refractivity contribution < 1.29 is 4.74 Å². The molecule has 0 saturated carbocycles. The third-order valence-corrected chi connectivity index (χ3v) is 2.03. The van der Waals surface area contributed by atoms with Gasteiger partial charge >= 0.3 is 0 Å². The summed E-state index contributed by atoms with van der Waals surface area (Å²) in [5.41, 5.74) is 7.67. The monoisotopic (exact) mass is 194 g/mol. The number of fused-ring (bicyclic) bond motifs is 1. The maximum Gasteiger partial charge on any atom is 0.223 e. The number of nitrogens with one attached hydrogen (secondary N) is 1. The number of nitrogens with zero attached hydrogens (tertiary/aromatic N) is 2. The summed E-state index contributed by atoms with van der Waals surface area (Å²) in [6.45, 7) is 3.83. The standard InChI is InChI=1S/C9H14N4O/c1-6(10)2-11-9-12-3-7-4-14-5-8(7)13-9/h3,6H,2,4-5,10H2,1H3,(H,11,12,13). The Balaban J connectivity index is 2.05. The second-order valence-corrected chi connectivity index (χ2v) is 3.52. The molecule has 5 nitrogen and oxygen atoms in total. The minimum Gasteiger partial charge on any atom is -0.370 e. The molecule has 0 spiro atoms. The van der Waals surface area contributed by atoms with Crippen LogP contribution in [0.3, 0.4) is 0 Å². The zero-order chi connectivity index (χ0) is 9.97. The lowest BCUT2D eigenvalue weighted by Gasteiger charge is -2.07. The fourth-order valence-electron chi connectivity index (χ4n) is 1.28. The van der Waals surface area contributed by atoms with E-state index in [9.17, 15) is 0 Å². The Morgan fingerprint density at radius 3 is 3.29 bits per heavy atom. The molecule has 3 N–H and O–H groups in total. The minimum absolute atomic E-state index is 0.100. The maximum absolute atomic E-state index is 5.61. The van der Waals surface area contributed by atoms with E-state index in [1.54, 1.807) is 6.20 Å². The Kier molecular flexibility index (Phi) is 2.60. The first-order valence-corrected chi connectivity index (χ1v) is 4.67. The molecule has 1 aliphatic heterocycles. The molecule has 0 aliphatic carbocycles. The summed E-state index contributed by atoms with van der Waals surface area (Å²) in [6.07, 6.45) is 1.80. The van der Waals surface area contributed by atoms with Crippen molar-refractivity contribution in [2.24, 2.45) is 5.73 Å². The van der Waals surface area contributed by atoms with Crippen LogP contribution < -0.4 is 11.1 Å². The van der Waals surface area contributed by atoms with Crippen molar-refractivity contribution >= 4 is 5.95 Å². The van der Waals surface area contributed by atoms with Gasteiger partial charge < -0.3 is 15.8 Å². The molecular weight excluding hydrogens is 180 g/mol. The summed E-state index contributed by atoms with van der Waals surface area (Å²) in [6, 6.07) is 0.100. The number of hydrogen-bond acceptors (Lipinski definition) is 5. The van der Waals surface area contributed by atoms with Gasteiger partial charge in [0.25, 0.3) is 0 Å². The van der Waals surface area contributed by atoms with E-state index >= 15 is 0 Å². The van der Waals surface area contributed by atoms with E-state index < -0.39 is 0 Å². The Morgan fingerprint density at radius 1 is 1.64 bits per heavy atom. The Hall–Kier alpha value is -1.20. The highest BCUT2D eigenvalue weighted by atomic mass is 16.5. The van der Waals surface area contributed by atoms with Crippen LogP contribution in [-0.2, 0) is 18.0 Å². The van der Waals surface area contributed by atoms with Crippen molar-refractivity contribution in [3.8, 4) is 0 Å². The van der Waals surface area contributed by atoms with Gasteiger partial charge in [0.1, 0.15) is 0 Å². The summed E-state index contributed by atoms with van der Waals surface area (Å²) in [5, 5.41) is 3.07. The van der Waals surface area contributed by atoms with E-state index in [1.165, 1.54) is 0 Å². The van der Waals surface area contributed by atoms with Crippen molar-refractivity contribution in [1.29, 1.82) is 0 Å². The van der Waals surface area contributed by atoms with Gasteiger partial charge in [-0.25, -0.2) is 9.97 Å². The first-order chi connectivity index (χ1) is 6.75. The van der Waals surface area contributed by atoms with Gasteiger partial charge in [-0.1, -0.05) is 0 Å². The molecule has 1 aliphatic rings. The molecule has 2 rings (SSSR count). The van der Waals surface area contributed by atoms with Crippen molar-refractivity contribution in [2.45, 2.75) is 26.2 Å². The minimum atomic E-state index is 0.100. The second kappa shape index (κ2) is 3.89. The number of rotatable bonds is 3. The highest BCUT2D eigenvalue weighted by molar-refractivity contribution is 5.30. The number of ether oxygens (including phenoxy) is 1. The Morgan fingerprint density at radius 2 is 2.50 bits per heavy atom. The molecule has 5 heteroatoms. The average Bonchev–Trinajstić information content (AvgIpc) is 2.61. The fourth-order valence-corrected chi connectivity index (χ4v) is 1.28. The van der Waals surface area contributed by atoms with E-state index in [0.717, 1.165) is 11.3 Å². The molecule has 0 amide bonds. The molecule has 1 aromatic rings. The molecule has 0 fully saturated rings. The number of hydrogen-bond donors (Lipinski definition) is 2. The van der Waals surface area contributed by atoms with Crippen molar-refractivity contribution in [1.82, 2.24) is 9.97 Å². The summed E-state index contributed by atoms with van der Waals surface area (Å²) < 4.78 is 5.24. The first kappa shape index (κ1) is 9.36. The summed E-state index contributed by atoms with van der Waals surface area (Å²) in [4.78, 5) is 8.49. The van der Waals surface area contributed by atoms with Crippen LogP contribution in [0, 0.1) is 0 Å². The third-order valence-electron chi connectivity index (χ3n) is 2.03. The molecule has 1 aromatic heterocycles. The van der Waals surface area contributed by atoms with Gasteiger partial charge in [0.05, 0.1) is 18.9 Å². The number of aromatic nitrogens is 2. The molecular formula is C9H14N4O. The average molecular weight is 194 g/mol. The lowest BCUT2D eigenvalue weighted by Crippen LogP contribution is -2.26. The van der Waals surface area contributed by atoms with Crippen LogP contribution in [0.1, 0.15) is 18.2 Å². The Bertz CT molecular complexity index is 327. The zero-order valence-electron chi connectivity index (χ0n) is 8.16. The van der Waals surface area contributed by atoms with Gasteiger partial charge in [-0.15, -0.1) is 0 Å². The lowest BCUT2D eigenvalue weighted by molar-refractivity contribution is 0.133. The Labute approximate surface area is 82.7 Å². The predicted molar refractivity (Wildman–Crippen MR) is 52.7 cm³/mol. The smallest absolute Gasteiger partial charge is 0.223 e. The molecule has 0 saturated heterocycles. The molecule has 14 heavy (non-hydrogen) atoms. The first-order valence-electron chi connectivity index (χ1n) is 4.67. The van der Waals surface area contributed by atoms with Crippen LogP contribution in [0.5, 0.6) is 0 Å². The van der Waals surface area contributed by atoms with E-state index in [4.69, 9.17) is 10.5 Å². The second-order valence-electron chi connectivity index (χ2n) is 3.52. The molecule has 0 radical (unpaired) electrons. The van der Waals surface area contributed by atoms with Gasteiger partial charge in [-0.3, -0.25) is 0 Å². The predicted octanol–water partition coefficient (Wildman–Crippen LogP) is 0.266. The SMILES string of the molecule is CC(N)CNc1ncc2c(n1)COC2. The van der Waals surface area contributed by atoms with Gasteiger partial charge in [0, 0.05) is 24.3 Å². The molecule has 0 bridgehead atoms.